The zero-order valence-electron chi connectivity index (χ0n) is 11.5. The molecule has 0 heterocycles. The van der Waals surface area contributed by atoms with Gasteiger partial charge < -0.3 is 10.6 Å². The van der Waals surface area contributed by atoms with Gasteiger partial charge >= 0.3 is 6.03 Å². The molecule has 2 aromatic rings. The van der Waals surface area contributed by atoms with Gasteiger partial charge in [-0.05, 0) is 24.6 Å². The second kappa shape index (κ2) is 6.51. The molecule has 2 aromatic carbocycles. The Kier molecular flexibility index (Phi) is 4.50. The number of hydrogen-bond acceptors (Lipinski definition) is 3. The molecule has 0 unspecified atom stereocenters. The molecule has 0 aliphatic heterocycles. The Balaban J connectivity index is 1.88. The molecule has 21 heavy (non-hydrogen) atoms. The summed E-state index contributed by atoms with van der Waals surface area (Å²) in [6.45, 7) is 2.40. The Morgan fingerprint density at radius 1 is 1.19 bits per heavy atom. The number of carbonyl (C=O) groups is 1. The lowest BCUT2D eigenvalue weighted by Crippen LogP contribution is -2.28. The fraction of sp³-hybridized carbons (Fsp3) is 0.133. The molecule has 0 aromatic heterocycles. The average molecular weight is 285 g/mol. The van der Waals surface area contributed by atoms with E-state index in [1.165, 1.54) is 24.3 Å². The molecule has 2 rings (SSSR count). The van der Waals surface area contributed by atoms with Crippen molar-refractivity contribution in [3.05, 3.63) is 69.8 Å². The van der Waals surface area contributed by atoms with Gasteiger partial charge in [0.15, 0.2) is 0 Å². The Labute approximate surface area is 121 Å². The summed E-state index contributed by atoms with van der Waals surface area (Å²) in [5.74, 6) is 0. The highest BCUT2D eigenvalue weighted by atomic mass is 16.6. The number of anilines is 1. The van der Waals surface area contributed by atoms with Crippen molar-refractivity contribution in [1.29, 1.82) is 0 Å². The summed E-state index contributed by atoms with van der Waals surface area (Å²) in [5, 5.41) is 15.9. The predicted molar refractivity (Wildman–Crippen MR) is 80.1 cm³/mol. The third kappa shape index (κ3) is 4.31. The summed E-state index contributed by atoms with van der Waals surface area (Å²) in [6.07, 6.45) is 0. The normalized spacial score (nSPS) is 9.95. The van der Waals surface area contributed by atoms with Crippen LogP contribution >= 0.6 is 0 Å². The number of urea groups is 1. The van der Waals surface area contributed by atoms with Crippen LogP contribution in [0.25, 0.3) is 0 Å². The van der Waals surface area contributed by atoms with Crippen LogP contribution in [-0.2, 0) is 6.54 Å². The highest BCUT2D eigenvalue weighted by Gasteiger charge is 2.06. The molecule has 6 nitrogen and oxygen atoms in total. The molecule has 0 atom stereocenters. The summed E-state index contributed by atoms with van der Waals surface area (Å²) in [4.78, 5) is 21.8. The number of nitro benzene ring substituents is 1. The Bertz CT molecular complexity index is 653. The summed E-state index contributed by atoms with van der Waals surface area (Å²) in [7, 11) is 0. The van der Waals surface area contributed by atoms with Crippen LogP contribution in [0.1, 0.15) is 11.1 Å². The van der Waals surface area contributed by atoms with Gasteiger partial charge in [0.2, 0.25) is 0 Å². The fourth-order valence-corrected chi connectivity index (χ4v) is 1.85. The first kappa shape index (κ1) is 14.5. The van der Waals surface area contributed by atoms with E-state index in [-0.39, 0.29) is 11.7 Å². The second-order valence-corrected chi connectivity index (χ2v) is 4.60. The van der Waals surface area contributed by atoms with Crippen molar-refractivity contribution in [1.82, 2.24) is 5.32 Å². The lowest BCUT2D eigenvalue weighted by atomic mass is 10.1. The molecule has 0 aliphatic carbocycles. The molecule has 0 saturated heterocycles. The fourth-order valence-electron chi connectivity index (χ4n) is 1.85. The summed E-state index contributed by atoms with van der Waals surface area (Å²) in [6, 6.07) is 13.2. The van der Waals surface area contributed by atoms with Gasteiger partial charge in [-0.25, -0.2) is 4.79 Å². The zero-order chi connectivity index (χ0) is 15.2. The van der Waals surface area contributed by atoms with Crippen LogP contribution in [0.4, 0.5) is 16.2 Å². The highest BCUT2D eigenvalue weighted by Crippen LogP contribution is 2.15. The van der Waals surface area contributed by atoms with Gasteiger partial charge in [0.25, 0.3) is 5.69 Å². The quantitative estimate of drug-likeness (QED) is 0.668. The Morgan fingerprint density at radius 2 is 1.90 bits per heavy atom. The van der Waals surface area contributed by atoms with Gasteiger partial charge in [-0.1, -0.05) is 29.8 Å². The van der Waals surface area contributed by atoms with Gasteiger partial charge in [0, 0.05) is 24.4 Å². The molecule has 0 spiro atoms. The summed E-state index contributed by atoms with van der Waals surface area (Å²) < 4.78 is 0. The number of hydrogen-bond donors (Lipinski definition) is 2. The number of nitrogens with one attached hydrogen (secondary N) is 2. The number of amides is 2. The van der Waals surface area contributed by atoms with E-state index in [4.69, 9.17) is 0 Å². The number of nitro groups is 1. The van der Waals surface area contributed by atoms with Gasteiger partial charge in [0.05, 0.1) is 4.92 Å². The average Bonchev–Trinajstić information content (AvgIpc) is 2.46. The van der Waals surface area contributed by atoms with Crippen LogP contribution < -0.4 is 10.6 Å². The van der Waals surface area contributed by atoms with Crippen molar-refractivity contribution in [3.8, 4) is 0 Å². The Hall–Kier alpha value is -2.89. The molecule has 0 saturated carbocycles. The molecule has 0 fully saturated rings. The van der Waals surface area contributed by atoms with E-state index >= 15 is 0 Å². The van der Waals surface area contributed by atoms with Gasteiger partial charge in [0.1, 0.15) is 0 Å². The van der Waals surface area contributed by atoms with E-state index in [1.807, 2.05) is 31.2 Å². The first-order valence-electron chi connectivity index (χ1n) is 6.39. The number of rotatable bonds is 4. The second-order valence-electron chi connectivity index (χ2n) is 4.60. The number of aryl methyl sites for hydroxylation is 1. The highest BCUT2D eigenvalue weighted by molar-refractivity contribution is 5.89. The molecular formula is C15H15N3O3. The van der Waals surface area contributed by atoms with Crippen molar-refractivity contribution in [2.75, 3.05) is 5.32 Å². The minimum absolute atomic E-state index is 0.0132. The van der Waals surface area contributed by atoms with Gasteiger partial charge in [-0.15, -0.1) is 0 Å². The number of nitrogens with zero attached hydrogens (tertiary/aromatic N) is 1. The van der Waals surface area contributed by atoms with E-state index in [0.717, 1.165) is 11.1 Å². The molecule has 108 valence electrons. The molecule has 2 amide bonds. The number of non-ortho nitro benzene ring substituents is 1. The van der Waals surface area contributed by atoms with Crippen LogP contribution in [0.2, 0.25) is 0 Å². The number of benzene rings is 2. The minimum atomic E-state index is -0.485. The maximum atomic E-state index is 11.7. The predicted octanol–water partition coefficient (Wildman–Crippen LogP) is 3.22. The van der Waals surface area contributed by atoms with E-state index in [1.54, 1.807) is 0 Å². The molecule has 0 bridgehead atoms. The zero-order valence-corrected chi connectivity index (χ0v) is 11.5. The molecule has 0 radical (unpaired) electrons. The summed E-state index contributed by atoms with van der Waals surface area (Å²) >= 11 is 0. The van der Waals surface area contributed by atoms with Crippen molar-refractivity contribution in [2.24, 2.45) is 0 Å². The SMILES string of the molecule is Cc1cccc(CNC(=O)Nc2ccc([N+](=O)[O-])cc2)c1. The smallest absolute Gasteiger partial charge is 0.319 e. The van der Waals surface area contributed by atoms with Crippen molar-refractivity contribution in [3.63, 3.8) is 0 Å². The van der Waals surface area contributed by atoms with Crippen molar-refractivity contribution in [2.45, 2.75) is 13.5 Å². The van der Waals surface area contributed by atoms with Gasteiger partial charge in [-0.2, -0.15) is 0 Å². The van der Waals surface area contributed by atoms with E-state index in [0.29, 0.717) is 12.2 Å². The lowest BCUT2D eigenvalue weighted by molar-refractivity contribution is -0.384. The lowest BCUT2D eigenvalue weighted by Gasteiger charge is -2.08. The van der Waals surface area contributed by atoms with Crippen LogP contribution in [0.15, 0.2) is 48.5 Å². The molecule has 6 heteroatoms. The maximum Gasteiger partial charge on any atom is 0.319 e. The van der Waals surface area contributed by atoms with E-state index < -0.39 is 4.92 Å². The first-order chi connectivity index (χ1) is 10.0. The van der Waals surface area contributed by atoms with Crippen molar-refractivity contribution < 1.29 is 9.72 Å². The maximum absolute atomic E-state index is 11.7. The third-order valence-corrected chi connectivity index (χ3v) is 2.87. The number of carbonyl (C=O) groups excluding carboxylic acids is 1. The molecule has 0 aliphatic rings. The minimum Gasteiger partial charge on any atom is -0.334 e. The third-order valence-electron chi connectivity index (χ3n) is 2.87. The van der Waals surface area contributed by atoms with Crippen LogP contribution in [0, 0.1) is 17.0 Å². The van der Waals surface area contributed by atoms with Gasteiger partial charge in [-0.3, -0.25) is 10.1 Å². The molecular weight excluding hydrogens is 270 g/mol. The Morgan fingerprint density at radius 3 is 2.52 bits per heavy atom. The standard InChI is InChI=1S/C15H15N3O3/c1-11-3-2-4-12(9-11)10-16-15(19)17-13-5-7-14(8-6-13)18(20)21/h2-9H,10H2,1H3,(H2,16,17,19). The largest absolute Gasteiger partial charge is 0.334 e. The van der Waals surface area contributed by atoms with E-state index in [9.17, 15) is 14.9 Å². The topological polar surface area (TPSA) is 84.3 Å². The summed E-state index contributed by atoms with van der Waals surface area (Å²) in [5.41, 5.74) is 2.63. The molecule has 2 N–H and O–H groups in total. The van der Waals surface area contributed by atoms with Crippen LogP contribution in [0.5, 0.6) is 0 Å². The van der Waals surface area contributed by atoms with Crippen LogP contribution in [0.3, 0.4) is 0 Å². The van der Waals surface area contributed by atoms with E-state index in [2.05, 4.69) is 10.6 Å². The van der Waals surface area contributed by atoms with Crippen molar-refractivity contribution >= 4 is 17.4 Å². The van der Waals surface area contributed by atoms with Crippen LogP contribution in [-0.4, -0.2) is 11.0 Å². The first-order valence-corrected chi connectivity index (χ1v) is 6.39. The monoisotopic (exact) mass is 285 g/mol.